The molecule has 2 aromatic carbocycles. The van der Waals surface area contributed by atoms with Crippen molar-refractivity contribution in [1.82, 2.24) is 50.1 Å². The van der Waals surface area contributed by atoms with Crippen LogP contribution >= 0.6 is 11.6 Å². The first-order valence-corrected chi connectivity index (χ1v) is 27.1. The van der Waals surface area contributed by atoms with Crippen molar-refractivity contribution in [1.29, 1.82) is 0 Å². The number of H-pyrrole nitrogens is 1. The molecule has 4 aromatic rings. The second-order valence-electron chi connectivity index (χ2n) is 21.2. The van der Waals surface area contributed by atoms with Crippen molar-refractivity contribution < 1.29 is 23.9 Å². The van der Waals surface area contributed by atoms with Crippen LogP contribution in [0.25, 0.3) is 11.0 Å². The zero-order valence-corrected chi connectivity index (χ0v) is 42.5. The molecule has 1 saturated carbocycles. The number of piperazine rings is 1. The molecule has 5 N–H and O–H groups in total. The molecule has 0 spiro atoms. The molecule has 1 aliphatic carbocycles. The minimum Gasteiger partial charge on any atom is -0.375 e. The molecule has 18 heteroatoms. The van der Waals surface area contributed by atoms with Crippen LogP contribution in [0.3, 0.4) is 0 Å². The van der Waals surface area contributed by atoms with Gasteiger partial charge < -0.3 is 45.7 Å². The summed E-state index contributed by atoms with van der Waals surface area (Å²) in [6, 6.07) is 18.0. The normalized spacial score (nSPS) is 22.3. The summed E-state index contributed by atoms with van der Waals surface area (Å²) in [6.45, 7) is 10.2. The van der Waals surface area contributed by atoms with Gasteiger partial charge in [-0.15, -0.1) is 0 Å². The number of nitrogens with one attached hydrogen (secondary N) is 3. The smallest absolute Gasteiger partial charge is 0.253 e. The molecule has 2 aromatic heterocycles. The number of benzene rings is 2. The maximum atomic E-state index is 14.0. The van der Waals surface area contributed by atoms with Gasteiger partial charge in [0.25, 0.3) is 5.91 Å². The first-order chi connectivity index (χ1) is 35.0. The summed E-state index contributed by atoms with van der Waals surface area (Å²) in [5.74, 6) is 1.37. The zero-order chi connectivity index (χ0) is 49.6. The molecule has 4 amide bonds. The van der Waals surface area contributed by atoms with Gasteiger partial charge >= 0.3 is 0 Å². The minimum absolute atomic E-state index is 0.0726. The molecule has 6 aliphatic rings. The molecule has 5 aliphatic heterocycles. The van der Waals surface area contributed by atoms with Gasteiger partial charge in [0.2, 0.25) is 17.7 Å². The van der Waals surface area contributed by atoms with Crippen LogP contribution < -0.4 is 21.3 Å². The molecule has 17 nitrogen and oxygen atoms in total. The Kier molecular flexibility index (Phi) is 16.0. The van der Waals surface area contributed by atoms with Crippen molar-refractivity contribution >= 4 is 52.1 Å². The molecular weight excluding hydrogens is 932 g/mol. The molecule has 386 valence electrons. The molecule has 7 heterocycles. The number of nitrogens with two attached hydrogens (primary N) is 1. The highest BCUT2D eigenvalue weighted by Gasteiger charge is 2.40. The van der Waals surface area contributed by atoms with E-state index in [9.17, 15) is 19.2 Å². The largest absolute Gasteiger partial charge is 0.375 e. The number of hydrogen-bond donors (Lipinski definition) is 4. The number of hydrogen-bond acceptors (Lipinski definition) is 12. The maximum Gasteiger partial charge on any atom is 0.253 e. The molecule has 6 fully saturated rings. The predicted molar refractivity (Wildman–Crippen MR) is 278 cm³/mol. The summed E-state index contributed by atoms with van der Waals surface area (Å²) in [5.41, 5.74) is 9.50. The highest BCUT2D eigenvalue weighted by Crippen LogP contribution is 2.32. The van der Waals surface area contributed by atoms with Crippen LogP contribution in [-0.2, 0) is 19.1 Å². The van der Waals surface area contributed by atoms with E-state index in [0.717, 1.165) is 111 Å². The molecule has 5 saturated heterocycles. The van der Waals surface area contributed by atoms with E-state index in [1.165, 1.54) is 12.8 Å². The monoisotopic (exact) mass is 1000 g/mol. The number of piperidine rings is 4. The van der Waals surface area contributed by atoms with E-state index in [1.807, 2.05) is 63.4 Å². The highest BCUT2D eigenvalue weighted by molar-refractivity contribution is 6.30. The Morgan fingerprint density at radius 2 is 1.51 bits per heavy atom. The van der Waals surface area contributed by atoms with Crippen LogP contribution in [0.2, 0.25) is 5.02 Å². The average molecular weight is 1010 g/mol. The van der Waals surface area contributed by atoms with Gasteiger partial charge in [0, 0.05) is 114 Å². The van der Waals surface area contributed by atoms with E-state index in [1.54, 1.807) is 6.33 Å². The van der Waals surface area contributed by atoms with Crippen molar-refractivity contribution in [2.24, 2.45) is 5.73 Å². The molecule has 72 heavy (non-hydrogen) atoms. The van der Waals surface area contributed by atoms with Crippen molar-refractivity contribution in [3.63, 3.8) is 0 Å². The summed E-state index contributed by atoms with van der Waals surface area (Å²) in [6.07, 6.45) is 13.2. The van der Waals surface area contributed by atoms with Crippen molar-refractivity contribution in [3.05, 3.63) is 88.8 Å². The van der Waals surface area contributed by atoms with Gasteiger partial charge in [-0.3, -0.25) is 29.0 Å². The van der Waals surface area contributed by atoms with E-state index in [2.05, 4.69) is 52.4 Å². The molecule has 10 rings (SSSR count). The highest BCUT2D eigenvalue weighted by atomic mass is 35.5. The third kappa shape index (κ3) is 12.4. The van der Waals surface area contributed by atoms with Crippen LogP contribution in [0, 0.1) is 0 Å². The number of fused-ring (bicyclic) bond motifs is 1. The van der Waals surface area contributed by atoms with Crippen LogP contribution in [0.5, 0.6) is 0 Å². The van der Waals surface area contributed by atoms with Crippen molar-refractivity contribution in [2.45, 2.75) is 106 Å². The Morgan fingerprint density at radius 1 is 0.778 bits per heavy atom. The summed E-state index contributed by atoms with van der Waals surface area (Å²) in [7, 11) is 0. The van der Waals surface area contributed by atoms with Crippen LogP contribution in [0.15, 0.2) is 67.1 Å². The molecule has 2 atom stereocenters. The summed E-state index contributed by atoms with van der Waals surface area (Å²) < 4.78 is 6.62. The minimum atomic E-state index is -1.01. The zero-order valence-electron chi connectivity index (χ0n) is 41.7. The fourth-order valence-corrected chi connectivity index (χ4v) is 11.6. The molecule has 0 radical (unpaired) electrons. The SMILES string of the molecule is NC1(C(=O)N[C@@H](CCN2CCN(C(=O)CN3CCC(OC4CCN(C(=O)c5cccc(C6CCCN(C(=O)CNC7CC7)C6)c5)CC4)CC3)CC2)c2ccc(Cl)cc2)CCN(c2ncnc3[nH]ccc23)CC1. The Morgan fingerprint density at radius 3 is 2.25 bits per heavy atom. The predicted octanol–water partition coefficient (Wildman–Crippen LogP) is 4.54. The number of likely N-dealkylation sites (tertiary alicyclic amines) is 3. The van der Waals surface area contributed by atoms with E-state index in [-0.39, 0.29) is 47.8 Å². The second kappa shape index (κ2) is 22.9. The van der Waals surface area contributed by atoms with Gasteiger partial charge in [-0.1, -0.05) is 35.9 Å². The number of anilines is 1. The van der Waals surface area contributed by atoms with Gasteiger partial charge in [-0.2, -0.15) is 0 Å². The number of rotatable bonds is 16. The Hall–Kier alpha value is -5.17. The lowest BCUT2D eigenvalue weighted by Gasteiger charge is -2.40. The quantitative estimate of drug-likeness (QED) is 0.123. The molecule has 1 unspecified atom stereocenters. The Labute approximate surface area is 428 Å². The maximum absolute atomic E-state index is 14.0. The van der Waals surface area contributed by atoms with Crippen molar-refractivity contribution in [3.8, 4) is 0 Å². The van der Waals surface area contributed by atoms with Gasteiger partial charge in [-0.05, 0) is 112 Å². The average Bonchev–Trinajstić information content (AvgIpc) is 4.13. The first-order valence-electron chi connectivity index (χ1n) is 26.7. The summed E-state index contributed by atoms with van der Waals surface area (Å²) >= 11 is 6.27. The van der Waals surface area contributed by atoms with E-state index in [4.69, 9.17) is 22.1 Å². The number of carbonyl (C=O) groups excluding carboxylic acids is 4. The third-order valence-electron chi connectivity index (χ3n) is 16.3. The van der Waals surface area contributed by atoms with Gasteiger partial charge in [-0.25, -0.2) is 9.97 Å². The lowest BCUT2D eigenvalue weighted by molar-refractivity contribution is -0.135. The Bertz CT molecular complexity index is 2490. The number of nitrogens with zero attached hydrogens (tertiary/aromatic N) is 8. The fourth-order valence-electron chi connectivity index (χ4n) is 11.5. The van der Waals surface area contributed by atoms with E-state index >= 15 is 0 Å². The molecule has 0 bridgehead atoms. The van der Waals surface area contributed by atoms with Crippen molar-refractivity contribution in [2.75, 3.05) is 103 Å². The van der Waals surface area contributed by atoms with E-state index < -0.39 is 5.54 Å². The standard InChI is InChI=1S/C54H73ClN12O5/c55-42-8-6-38(7-9-42)47(61-53(71)54(56)18-27-65(28-19-54)51-46-12-20-57-50(46)59-37-60-51)17-24-62-29-31-64(32-30-62)49(69)36-63-22-13-44(14-23-63)72-45-15-25-66(26-16-45)52(70)40-4-1-3-39(33-40)41-5-2-21-67(35-41)48(68)34-58-43-10-11-43/h1,3-4,6-9,12,20,33,37,41,43-45,47,58H,2,5,10-11,13-19,21-32,34-36,56H2,(H,61,71)(H,57,59,60)/t41?,47-/m0/s1. The number of amides is 4. The first kappa shape index (κ1) is 50.4. The fraction of sp³-hybridized carbons (Fsp3) is 0.593. The summed E-state index contributed by atoms with van der Waals surface area (Å²) in [5, 5.41) is 8.28. The number of carbonyl (C=O) groups is 4. The van der Waals surface area contributed by atoms with E-state index in [0.29, 0.717) is 89.2 Å². The third-order valence-corrected chi connectivity index (χ3v) is 16.5. The number of aromatic amines is 1. The van der Waals surface area contributed by atoms with Gasteiger partial charge in [0.1, 0.15) is 17.8 Å². The molecular formula is C54H73ClN12O5. The topological polar surface area (TPSA) is 189 Å². The summed E-state index contributed by atoms with van der Waals surface area (Å²) in [4.78, 5) is 78.9. The van der Waals surface area contributed by atoms with Crippen LogP contribution in [-0.4, -0.2) is 185 Å². The van der Waals surface area contributed by atoms with Gasteiger partial charge in [0.15, 0.2) is 0 Å². The van der Waals surface area contributed by atoms with Gasteiger partial charge in [0.05, 0.1) is 42.3 Å². The number of aromatic nitrogens is 3. The lowest BCUT2D eigenvalue weighted by Crippen LogP contribution is -2.60. The number of halogens is 1. The number of ether oxygens (including phenoxy) is 1. The second-order valence-corrected chi connectivity index (χ2v) is 21.7. The van der Waals surface area contributed by atoms with Crippen LogP contribution in [0.1, 0.15) is 104 Å². The Balaban J connectivity index is 0.623. The lowest BCUT2D eigenvalue weighted by atomic mass is 9.87. The van der Waals surface area contributed by atoms with Crippen LogP contribution in [0.4, 0.5) is 5.82 Å².